The number of aromatic hydroxyl groups is 1. The average molecular weight is 337 g/mol. The predicted octanol–water partition coefficient (Wildman–Crippen LogP) is 4.52. The lowest BCUT2D eigenvalue weighted by molar-refractivity contribution is 0.0692. The zero-order chi connectivity index (χ0) is 18.4. The Kier molecular flexibility index (Phi) is 5.74. The molecule has 0 spiro atoms. The summed E-state index contributed by atoms with van der Waals surface area (Å²) < 4.78 is 0. The molecule has 5 nitrogen and oxygen atoms in total. The Morgan fingerprint density at radius 3 is 2.24 bits per heavy atom. The summed E-state index contributed by atoms with van der Waals surface area (Å²) >= 11 is 0. The van der Waals surface area contributed by atoms with Crippen molar-refractivity contribution in [3.63, 3.8) is 0 Å². The van der Waals surface area contributed by atoms with E-state index in [4.69, 9.17) is 0 Å². The number of hydrogen-bond acceptors (Lipinski definition) is 3. The van der Waals surface area contributed by atoms with Gasteiger partial charge in [-0.25, -0.2) is 4.79 Å². The number of rotatable bonds is 3. The van der Waals surface area contributed by atoms with Crippen LogP contribution in [0, 0.1) is 0 Å². The maximum absolute atomic E-state index is 12.4. The van der Waals surface area contributed by atoms with Crippen LogP contribution in [0.2, 0.25) is 0 Å². The second kappa shape index (κ2) is 7.97. The zero-order valence-electron chi connectivity index (χ0n) is 14.0. The van der Waals surface area contributed by atoms with Gasteiger partial charge in [-0.3, -0.25) is 4.79 Å². The van der Waals surface area contributed by atoms with Crippen LogP contribution in [-0.2, 0) is 0 Å². The smallest absolute Gasteiger partial charge is 0.336 e. The molecule has 0 bridgehead atoms. The fourth-order valence-corrected chi connectivity index (χ4v) is 2.43. The van der Waals surface area contributed by atoms with Crippen LogP contribution in [0.25, 0.3) is 10.8 Å². The van der Waals surface area contributed by atoms with Gasteiger partial charge in [0.2, 0.25) is 0 Å². The summed E-state index contributed by atoms with van der Waals surface area (Å²) in [5, 5.41) is 23.0. The Labute approximate surface area is 145 Å². The number of carboxylic acid groups (broad SMARTS) is 1. The first-order valence-corrected chi connectivity index (χ1v) is 7.91. The van der Waals surface area contributed by atoms with E-state index in [1.165, 1.54) is 12.1 Å². The number of carbonyl (C=O) groups excluding carboxylic acids is 1. The molecule has 0 heterocycles. The van der Waals surface area contributed by atoms with E-state index in [0.29, 0.717) is 11.1 Å². The minimum absolute atomic E-state index is 0.0620. The summed E-state index contributed by atoms with van der Waals surface area (Å²) in [6, 6.07) is 16.2. The van der Waals surface area contributed by atoms with Crippen LogP contribution in [-0.4, -0.2) is 22.1 Å². The quantitative estimate of drug-likeness (QED) is 0.656. The molecule has 0 saturated carbocycles. The molecular weight excluding hydrogens is 318 g/mol. The molecule has 0 aliphatic heterocycles. The van der Waals surface area contributed by atoms with Crippen molar-refractivity contribution in [2.75, 3.05) is 5.32 Å². The number of aromatic carboxylic acids is 1. The number of carboxylic acids is 1. The molecule has 0 aliphatic rings. The van der Waals surface area contributed by atoms with Gasteiger partial charge in [0.25, 0.3) is 5.91 Å². The van der Waals surface area contributed by atoms with E-state index in [1.807, 2.05) is 19.9 Å². The van der Waals surface area contributed by atoms with Crippen molar-refractivity contribution in [1.82, 2.24) is 0 Å². The van der Waals surface area contributed by atoms with Gasteiger partial charge in [-0.2, -0.15) is 0 Å². The van der Waals surface area contributed by atoms with Crippen molar-refractivity contribution < 1.29 is 19.8 Å². The summed E-state index contributed by atoms with van der Waals surface area (Å²) in [6.07, 6.45) is 0. The van der Waals surface area contributed by atoms with Crippen LogP contribution in [0.15, 0.2) is 60.7 Å². The number of anilines is 1. The number of nitrogens with one attached hydrogen (secondary N) is 1. The fraction of sp³-hybridized carbons (Fsp3) is 0.100. The van der Waals surface area contributed by atoms with Crippen LogP contribution in [0.3, 0.4) is 0 Å². The lowest BCUT2D eigenvalue weighted by atomic mass is 10.1. The second-order valence-corrected chi connectivity index (χ2v) is 5.02. The molecule has 25 heavy (non-hydrogen) atoms. The monoisotopic (exact) mass is 337 g/mol. The van der Waals surface area contributed by atoms with E-state index in [2.05, 4.69) is 5.32 Å². The minimum Gasteiger partial charge on any atom is -0.508 e. The Balaban J connectivity index is 0.00000109. The number of fused-ring (bicyclic) bond motifs is 1. The minimum atomic E-state index is -1.16. The third kappa shape index (κ3) is 3.95. The van der Waals surface area contributed by atoms with E-state index in [9.17, 15) is 19.8 Å². The van der Waals surface area contributed by atoms with Crippen molar-refractivity contribution in [1.29, 1.82) is 0 Å². The first kappa shape index (κ1) is 18.0. The number of carbonyl (C=O) groups is 2. The van der Waals surface area contributed by atoms with Gasteiger partial charge in [0, 0.05) is 11.1 Å². The standard InChI is InChI=1S/C18H13NO4.C2H6/c20-12-9-8-11-4-3-7-16(15(11)10-12)19-17(21)13-5-1-2-6-14(13)18(22)23;1-2/h1-10,20H,(H,19,21)(H,22,23);1-2H3. The first-order chi connectivity index (χ1) is 12.1. The lowest BCUT2D eigenvalue weighted by Crippen LogP contribution is -2.16. The van der Waals surface area contributed by atoms with E-state index in [0.717, 1.165) is 5.39 Å². The van der Waals surface area contributed by atoms with Crippen LogP contribution >= 0.6 is 0 Å². The summed E-state index contributed by atoms with van der Waals surface area (Å²) in [6.45, 7) is 4.00. The Hall–Kier alpha value is -3.34. The highest BCUT2D eigenvalue weighted by atomic mass is 16.4. The van der Waals surface area contributed by atoms with Crippen LogP contribution in [0.4, 0.5) is 5.69 Å². The van der Waals surface area contributed by atoms with E-state index in [-0.39, 0.29) is 16.9 Å². The van der Waals surface area contributed by atoms with Crippen molar-refractivity contribution in [3.05, 3.63) is 71.8 Å². The van der Waals surface area contributed by atoms with E-state index >= 15 is 0 Å². The van der Waals surface area contributed by atoms with Crippen molar-refractivity contribution >= 4 is 28.3 Å². The number of amides is 1. The summed E-state index contributed by atoms with van der Waals surface area (Å²) in [4.78, 5) is 23.7. The van der Waals surface area contributed by atoms with Gasteiger partial charge < -0.3 is 15.5 Å². The number of phenolic OH excluding ortho intramolecular Hbond substituents is 1. The SMILES string of the molecule is CC.O=C(O)c1ccccc1C(=O)Nc1cccc2ccc(O)cc12. The van der Waals surface area contributed by atoms with Crippen LogP contribution in [0.1, 0.15) is 34.6 Å². The van der Waals surface area contributed by atoms with E-state index in [1.54, 1.807) is 42.5 Å². The summed E-state index contributed by atoms with van der Waals surface area (Å²) in [5.41, 5.74) is 0.522. The van der Waals surface area contributed by atoms with Gasteiger partial charge in [-0.05, 0) is 35.7 Å². The summed E-state index contributed by atoms with van der Waals surface area (Å²) in [7, 11) is 0. The molecule has 0 aliphatic carbocycles. The lowest BCUT2D eigenvalue weighted by Gasteiger charge is -2.10. The molecule has 0 fully saturated rings. The summed E-state index contributed by atoms with van der Waals surface area (Å²) in [5.74, 6) is -1.59. The fourth-order valence-electron chi connectivity index (χ4n) is 2.43. The third-order valence-electron chi connectivity index (χ3n) is 3.52. The Morgan fingerprint density at radius 2 is 1.56 bits per heavy atom. The van der Waals surface area contributed by atoms with Crippen LogP contribution < -0.4 is 5.32 Å². The molecule has 0 radical (unpaired) electrons. The Morgan fingerprint density at radius 1 is 0.880 bits per heavy atom. The molecule has 3 rings (SSSR count). The second-order valence-electron chi connectivity index (χ2n) is 5.02. The average Bonchev–Trinajstić information content (AvgIpc) is 2.64. The molecule has 1 amide bonds. The Bertz CT molecular complexity index is 918. The van der Waals surface area contributed by atoms with Gasteiger partial charge in [-0.1, -0.05) is 44.2 Å². The maximum Gasteiger partial charge on any atom is 0.336 e. The molecular formula is C20H19NO4. The molecule has 0 aromatic heterocycles. The van der Waals surface area contributed by atoms with Crippen molar-refractivity contribution in [3.8, 4) is 5.75 Å². The van der Waals surface area contributed by atoms with Gasteiger partial charge in [0.05, 0.1) is 11.1 Å². The maximum atomic E-state index is 12.4. The number of benzene rings is 3. The molecule has 0 saturated heterocycles. The molecule has 5 heteroatoms. The number of phenols is 1. The van der Waals surface area contributed by atoms with Gasteiger partial charge in [0.1, 0.15) is 5.75 Å². The zero-order valence-corrected chi connectivity index (χ0v) is 14.0. The molecule has 3 aromatic carbocycles. The number of hydrogen-bond donors (Lipinski definition) is 3. The van der Waals surface area contributed by atoms with Crippen molar-refractivity contribution in [2.45, 2.75) is 13.8 Å². The first-order valence-electron chi connectivity index (χ1n) is 7.91. The van der Waals surface area contributed by atoms with Gasteiger partial charge in [0.15, 0.2) is 0 Å². The highest BCUT2D eigenvalue weighted by Crippen LogP contribution is 2.27. The highest BCUT2D eigenvalue weighted by molar-refractivity contribution is 6.13. The largest absolute Gasteiger partial charge is 0.508 e. The molecule has 0 atom stereocenters. The topological polar surface area (TPSA) is 86.6 Å². The molecule has 0 unspecified atom stereocenters. The molecule has 128 valence electrons. The van der Waals surface area contributed by atoms with Gasteiger partial charge in [-0.15, -0.1) is 0 Å². The van der Waals surface area contributed by atoms with Crippen LogP contribution in [0.5, 0.6) is 5.75 Å². The normalized spacial score (nSPS) is 9.84. The van der Waals surface area contributed by atoms with Crippen molar-refractivity contribution in [2.24, 2.45) is 0 Å². The molecule has 3 N–H and O–H groups in total. The highest BCUT2D eigenvalue weighted by Gasteiger charge is 2.16. The third-order valence-corrected chi connectivity index (χ3v) is 3.52. The van der Waals surface area contributed by atoms with E-state index < -0.39 is 11.9 Å². The predicted molar refractivity (Wildman–Crippen MR) is 98.3 cm³/mol. The van der Waals surface area contributed by atoms with Gasteiger partial charge >= 0.3 is 5.97 Å². The molecule has 3 aromatic rings.